The molecule has 0 saturated carbocycles. The monoisotopic (exact) mass is 364 g/mol. The van der Waals surface area contributed by atoms with Crippen molar-refractivity contribution in [2.24, 2.45) is 0 Å². The van der Waals surface area contributed by atoms with E-state index in [0.717, 1.165) is 27.7 Å². The number of carbonyl (C=O) groups is 5. The van der Waals surface area contributed by atoms with E-state index in [4.69, 9.17) is 18.9 Å². The van der Waals surface area contributed by atoms with Gasteiger partial charge in [-0.2, -0.15) is 12.6 Å². The van der Waals surface area contributed by atoms with Crippen LogP contribution in [0.25, 0.3) is 0 Å². The molecule has 4 atom stereocenters. The molecule has 136 valence electrons. The highest BCUT2D eigenvalue weighted by Crippen LogP contribution is 2.20. The Hall–Kier alpha value is -2.10. The van der Waals surface area contributed by atoms with Crippen LogP contribution < -0.4 is 0 Å². The minimum atomic E-state index is -1.53. The third-order valence-corrected chi connectivity index (χ3v) is 2.97. The maximum absolute atomic E-state index is 11.3. The molecular weight excluding hydrogens is 344 g/mol. The highest BCUT2D eigenvalue weighted by Gasteiger charge is 2.41. The Bertz CT molecular complexity index is 491. The lowest BCUT2D eigenvalue weighted by Crippen LogP contribution is -2.50. The van der Waals surface area contributed by atoms with Gasteiger partial charge in [-0.15, -0.1) is 0 Å². The first kappa shape index (κ1) is 21.9. The van der Waals surface area contributed by atoms with Gasteiger partial charge in [0.2, 0.25) is 0 Å². The Balaban J connectivity index is 5.55. The second-order valence-corrected chi connectivity index (χ2v) is 5.39. The zero-order valence-corrected chi connectivity index (χ0v) is 14.6. The molecule has 0 amide bonds. The van der Waals surface area contributed by atoms with Crippen molar-refractivity contribution in [3.05, 3.63) is 0 Å². The summed E-state index contributed by atoms with van der Waals surface area (Å²) in [6, 6.07) is 0. The van der Waals surface area contributed by atoms with Crippen molar-refractivity contribution < 1.29 is 42.9 Å². The fraction of sp³-hybridized carbons (Fsp3) is 0.643. The van der Waals surface area contributed by atoms with Crippen LogP contribution in [0.4, 0.5) is 0 Å². The topological polar surface area (TPSA) is 122 Å². The van der Waals surface area contributed by atoms with Crippen molar-refractivity contribution in [2.45, 2.75) is 51.3 Å². The molecule has 0 spiro atoms. The van der Waals surface area contributed by atoms with Gasteiger partial charge >= 0.3 is 23.9 Å². The lowest BCUT2D eigenvalue weighted by Gasteiger charge is -2.32. The first-order valence-corrected chi connectivity index (χ1v) is 7.38. The summed E-state index contributed by atoms with van der Waals surface area (Å²) in [6.45, 7) is 4.08. The molecule has 9 nitrogen and oxygen atoms in total. The predicted octanol–water partition coefficient (Wildman–Crippen LogP) is -0.158. The summed E-state index contributed by atoms with van der Waals surface area (Å²) >= 11 is 4.16. The van der Waals surface area contributed by atoms with Gasteiger partial charge in [-0.25, -0.2) is 0 Å². The number of carbonyl (C=O) groups excluding carboxylic acids is 5. The van der Waals surface area contributed by atoms with Crippen molar-refractivity contribution in [1.29, 1.82) is 0 Å². The zero-order valence-electron chi connectivity index (χ0n) is 13.7. The Labute approximate surface area is 144 Å². The second kappa shape index (κ2) is 10.6. The van der Waals surface area contributed by atoms with Gasteiger partial charge < -0.3 is 18.9 Å². The van der Waals surface area contributed by atoms with Crippen LogP contribution in [0.15, 0.2) is 0 Å². The minimum absolute atomic E-state index is 0.234. The van der Waals surface area contributed by atoms with E-state index in [2.05, 4.69) is 12.6 Å². The fourth-order valence-electron chi connectivity index (χ4n) is 1.73. The first-order chi connectivity index (χ1) is 11.1. The summed E-state index contributed by atoms with van der Waals surface area (Å²) in [5.74, 6) is -2.97. The molecule has 0 heterocycles. The molecular formula is C14H20O9S. The van der Waals surface area contributed by atoms with E-state index < -0.39 is 47.4 Å². The SMILES string of the molecule is CC(=O)OC[C@@H](S)[C@@H](OC(C)=O)[C@H](OC(C)=O)[C@H](C=O)OC(C)=O. The number of esters is 4. The van der Waals surface area contributed by atoms with E-state index in [9.17, 15) is 24.0 Å². The van der Waals surface area contributed by atoms with Gasteiger partial charge in [0.05, 0.1) is 5.25 Å². The molecule has 0 aromatic heterocycles. The Morgan fingerprint density at radius 1 is 0.833 bits per heavy atom. The summed E-state index contributed by atoms with van der Waals surface area (Å²) in [4.78, 5) is 55.9. The van der Waals surface area contributed by atoms with Crippen LogP contribution in [0.2, 0.25) is 0 Å². The normalized spacial score (nSPS) is 15.2. The molecule has 0 saturated heterocycles. The number of thiol groups is 1. The molecule has 0 N–H and O–H groups in total. The highest BCUT2D eigenvalue weighted by molar-refractivity contribution is 7.81. The molecule has 0 aliphatic carbocycles. The third kappa shape index (κ3) is 8.51. The Kier molecular flexibility index (Phi) is 9.70. The number of aldehydes is 1. The van der Waals surface area contributed by atoms with Crippen molar-refractivity contribution >= 4 is 42.8 Å². The molecule has 0 fully saturated rings. The molecule has 0 bridgehead atoms. The molecule has 0 unspecified atom stereocenters. The number of rotatable bonds is 9. The van der Waals surface area contributed by atoms with E-state index in [0.29, 0.717) is 0 Å². The lowest BCUT2D eigenvalue weighted by atomic mass is 10.0. The van der Waals surface area contributed by atoms with E-state index in [1.165, 1.54) is 0 Å². The standard InChI is InChI=1S/C14H20O9S/c1-7(16)20-6-12(24)14(23-10(4)19)13(22-9(3)18)11(5-15)21-8(2)17/h5,11-14,24H,6H2,1-4H3/t11-,12+,13+,14+/m0/s1. The lowest BCUT2D eigenvalue weighted by molar-refractivity contribution is -0.183. The van der Waals surface area contributed by atoms with Crippen LogP contribution in [-0.2, 0) is 42.9 Å². The molecule has 24 heavy (non-hydrogen) atoms. The van der Waals surface area contributed by atoms with Gasteiger partial charge in [-0.3, -0.25) is 24.0 Å². The summed E-state index contributed by atoms with van der Waals surface area (Å²) in [5.41, 5.74) is 0. The Morgan fingerprint density at radius 3 is 1.67 bits per heavy atom. The van der Waals surface area contributed by atoms with Crippen molar-refractivity contribution in [3.8, 4) is 0 Å². The second-order valence-electron chi connectivity index (χ2n) is 4.73. The number of hydrogen-bond donors (Lipinski definition) is 1. The molecule has 0 rings (SSSR count). The van der Waals surface area contributed by atoms with Crippen molar-refractivity contribution in [2.75, 3.05) is 6.61 Å². The third-order valence-electron chi connectivity index (χ3n) is 2.52. The van der Waals surface area contributed by atoms with Crippen LogP contribution in [0.1, 0.15) is 27.7 Å². The van der Waals surface area contributed by atoms with Crippen LogP contribution in [0, 0.1) is 0 Å². The van der Waals surface area contributed by atoms with Crippen molar-refractivity contribution in [1.82, 2.24) is 0 Å². The first-order valence-electron chi connectivity index (χ1n) is 6.86. The number of ether oxygens (including phenoxy) is 4. The van der Waals surface area contributed by atoms with Crippen LogP contribution in [0.3, 0.4) is 0 Å². The summed E-state index contributed by atoms with van der Waals surface area (Å²) in [5, 5.41) is -0.944. The highest BCUT2D eigenvalue weighted by atomic mass is 32.1. The van der Waals surface area contributed by atoms with Gasteiger partial charge in [0.25, 0.3) is 0 Å². The molecule has 0 aliphatic rings. The fourth-order valence-corrected chi connectivity index (χ4v) is 2.04. The van der Waals surface area contributed by atoms with Gasteiger partial charge in [0.1, 0.15) is 6.61 Å². The largest absolute Gasteiger partial charge is 0.465 e. The minimum Gasteiger partial charge on any atom is -0.465 e. The molecule has 0 radical (unpaired) electrons. The van der Waals surface area contributed by atoms with E-state index in [1.54, 1.807) is 0 Å². The van der Waals surface area contributed by atoms with E-state index in [-0.39, 0.29) is 12.9 Å². The summed E-state index contributed by atoms with van der Waals surface area (Å²) in [6.07, 6.45) is -4.05. The molecule has 0 aromatic rings. The molecule has 0 aromatic carbocycles. The molecule has 0 aliphatic heterocycles. The van der Waals surface area contributed by atoms with Crippen molar-refractivity contribution in [3.63, 3.8) is 0 Å². The molecule has 10 heteroatoms. The quantitative estimate of drug-likeness (QED) is 0.257. The van der Waals surface area contributed by atoms with E-state index in [1.807, 2.05) is 0 Å². The predicted molar refractivity (Wildman–Crippen MR) is 82.1 cm³/mol. The van der Waals surface area contributed by atoms with Gasteiger partial charge in [-0.05, 0) is 0 Å². The average Bonchev–Trinajstić information content (AvgIpc) is 2.45. The summed E-state index contributed by atoms with van der Waals surface area (Å²) in [7, 11) is 0. The average molecular weight is 364 g/mol. The van der Waals surface area contributed by atoms with E-state index >= 15 is 0 Å². The maximum atomic E-state index is 11.3. The maximum Gasteiger partial charge on any atom is 0.303 e. The zero-order chi connectivity index (χ0) is 18.9. The van der Waals surface area contributed by atoms with Gasteiger partial charge in [0.15, 0.2) is 24.6 Å². The van der Waals surface area contributed by atoms with Crippen LogP contribution >= 0.6 is 12.6 Å². The van der Waals surface area contributed by atoms with Gasteiger partial charge in [0, 0.05) is 27.7 Å². The van der Waals surface area contributed by atoms with Crippen LogP contribution in [-0.4, -0.2) is 60.3 Å². The van der Waals surface area contributed by atoms with Crippen LogP contribution in [0.5, 0.6) is 0 Å². The number of hydrogen-bond acceptors (Lipinski definition) is 10. The summed E-state index contributed by atoms with van der Waals surface area (Å²) < 4.78 is 19.6. The Morgan fingerprint density at radius 2 is 1.29 bits per heavy atom. The van der Waals surface area contributed by atoms with Gasteiger partial charge in [-0.1, -0.05) is 0 Å². The smallest absolute Gasteiger partial charge is 0.303 e.